The number of benzene rings is 4. The van der Waals surface area contributed by atoms with Crippen LogP contribution in [0.5, 0.6) is 0 Å². The summed E-state index contributed by atoms with van der Waals surface area (Å²) in [7, 11) is 7.46. The lowest BCUT2D eigenvalue weighted by molar-refractivity contribution is -0.661. The van der Waals surface area contributed by atoms with Crippen LogP contribution < -0.4 is 18.3 Å². The van der Waals surface area contributed by atoms with E-state index in [2.05, 4.69) is 29.7 Å². The maximum atomic E-state index is 8.44. The van der Waals surface area contributed by atoms with E-state index in [1.54, 1.807) is 42.9 Å². The Morgan fingerprint density at radius 3 is 1.04 bits per heavy atom. The summed E-state index contributed by atoms with van der Waals surface area (Å²) in [5.41, 5.74) is 16.7. The molecule has 0 saturated heterocycles. The SMILES string of the molecule is [2H]C(C)(C)c1ccc(-c2cc(C)c(C([2H])(C)C([2H])([2H])[2H])c[n+]2C)c(C)c1.[2H]C(C)(C)c1ccc(-c2ccc(C([2H])(C)C)c[n+]2C)c(C)c1.[2H]C([2H])([2H])c1ccc(-c2cc(C([2H])(C)C([2H])([2H])[2H])c(C([2H])([2H])[2H])c[n+]2C)c(C)c1.[2H]C([2H])([2H])c1ccc(-c2ccc(C([2H])(C)C)c[n+]2C)c(C)c1. The molecule has 0 aliphatic heterocycles. The van der Waals surface area contributed by atoms with Crippen LogP contribution >= 0.6 is 0 Å². The highest BCUT2D eigenvalue weighted by Crippen LogP contribution is 2.30. The minimum absolute atomic E-state index is 0.107. The van der Waals surface area contributed by atoms with Crippen molar-refractivity contribution in [3.8, 4) is 45.0 Å². The van der Waals surface area contributed by atoms with E-state index in [1.807, 2.05) is 173 Å². The Kier molecular flexibility index (Phi) is 13.4. The molecular formula is C74H100N4+4. The van der Waals surface area contributed by atoms with Gasteiger partial charge in [-0.1, -0.05) is 143 Å². The Morgan fingerprint density at radius 1 is 0.308 bits per heavy atom. The zero-order chi connectivity index (χ0) is 76.1. The molecule has 2 unspecified atom stereocenters. The van der Waals surface area contributed by atoms with E-state index in [1.165, 1.54) is 49.4 Å². The van der Waals surface area contributed by atoms with Crippen LogP contribution in [-0.2, 0) is 28.2 Å². The molecule has 0 fully saturated rings. The molecule has 0 spiro atoms. The third kappa shape index (κ3) is 15.8. The molecule has 2 atom stereocenters. The zero-order valence-corrected chi connectivity index (χ0v) is 50.0. The van der Waals surface area contributed by atoms with Gasteiger partial charge in [0.05, 0.1) is 0 Å². The van der Waals surface area contributed by atoms with Gasteiger partial charge in [-0.3, -0.25) is 0 Å². The molecule has 412 valence electrons. The Balaban J connectivity index is 0.000000240. The van der Waals surface area contributed by atoms with Crippen molar-refractivity contribution < 1.29 is 47.1 Å². The number of aromatic nitrogens is 4. The van der Waals surface area contributed by atoms with Crippen molar-refractivity contribution in [2.24, 2.45) is 28.2 Å². The molecule has 0 aliphatic rings. The smallest absolute Gasteiger partial charge is 0.201 e. The monoisotopic (exact) mass is 1070 g/mol. The van der Waals surface area contributed by atoms with Crippen molar-refractivity contribution in [2.75, 3.05) is 0 Å². The van der Waals surface area contributed by atoms with E-state index in [-0.39, 0.29) is 16.7 Å². The summed E-state index contributed by atoms with van der Waals surface area (Å²) in [4.78, 5) is 0. The van der Waals surface area contributed by atoms with E-state index in [9.17, 15) is 0 Å². The van der Waals surface area contributed by atoms with E-state index in [4.69, 9.17) is 28.8 Å². The van der Waals surface area contributed by atoms with E-state index < -0.39 is 69.6 Å². The van der Waals surface area contributed by atoms with Gasteiger partial charge in [-0.15, -0.1) is 0 Å². The van der Waals surface area contributed by atoms with Gasteiger partial charge in [-0.25, -0.2) is 18.3 Å². The van der Waals surface area contributed by atoms with Gasteiger partial charge >= 0.3 is 0 Å². The fraction of sp³-hybridized carbons (Fsp3) is 0.405. The fourth-order valence-electron chi connectivity index (χ4n) is 9.43. The van der Waals surface area contributed by atoms with Crippen LogP contribution in [-0.4, -0.2) is 0 Å². The average molecular weight is 1070 g/mol. The standard InChI is InChI=1S/C20H28N.C19H26N.C18H24N.C17H22N/c1-13(2)17-8-9-18(15(5)10-17)20-11-16(6)19(14(3)4)12-21(20)7;1-13(2)16-7-9-18(15(5)11-16)19-10-8-17(14(3)4)12-20(19)6;1-12(2)17-10-18(19(6)11-15(17)5)16-8-7-13(3)9-14(16)4;1-12(2)15-7-9-17(18(5)11-15)16-8-6-13(3)10-14(16)4/h8-14H,1-7H3;7-14H,1-6H3;7-12H,1-6H3;6-12H,1-5H3/q4*+1/i3D3,13D,14D;13D,14D;1D3,3D3,5D3,12D;3D3,12D. The molecule has 0 aliphatic carbocycles. The van der Waals surface area contributed by atoms with Crippen LogP contribution in [0.1, 0.15) is 225 Å². The van der Waals surface area contributed by atoms with Crippen LogP contribution in [0.15, 0.2) is 134 Å². The normalized spacial score (nSPS) is 18.1. The van der Waals surface area contributed by atoms with E-state index in [0.29, 0.717) is 27.9 Å². The van der Waals surface area contributed by atoms with Gasteiger partial charge < -0.3 is 0 Å². The van der Waals surface area contributed by atoms with Crippen LogP contribution in [0, 0.1) is 55.2 Å². The van der Waals surface area contributed by atoms with Gasteiger partial charge in [-0.2, -0.15) is 0 Å². The van der Waals surface area contributed by atoms with Crippen molar-refractivity contribution in [3.63, 3.8) is 0 Å². The van der Waals surface area contributed by atoms with Gasteiger partial charge in [0.25, 0.3) is 0 Å². The molecule has 4 aromatic heterocycles. The van der Waals surface area contributed by atoms with Crippen molar-refractivity contribution in [1.29, 1.82) is 0 Å². The Hall–Kier alpha value is -6.52. The first-order chi connectivity index (χ1) is 44.5. The number of aryl methyl sites for hydroxylation is 12. The lowest BCUT2D eigenvalue weighted by Crippen LogP contribution is -2.32. The Bertz CT molecular complexity index is 3970. The highest BCUT2D eigenvalue weighted by Gasteiger charge is 2.20. The van der Waals surface area contributed by atoms with E-state index in [0.717, 1.165) is 67.2 Å². The minimum Gasteiger partial charge on any atom is -0.201 e. The predicted octanol–water partition coefficient (Wildman–Crippen LogP) is 17.9. The third-order valence-electron chi connectivity index (χ3n) is 14.1. The molecule has 0 saturated carbocycles. The Morgan fingerprint density at radius 2 is 0.667 bits per heavy atom. The molecule has 4 nitrogen and oxygen atoms in total. The summed E-state index contributed by atoms with van der Waals surface area (Å²) >= 11 is 0. The molecular weight excluding hydrogens is 945 g/mol. The summed E-state index contributed by atoms with van der Waals surface area (Å²) in [6, 6.07) is 33.5. The highest BCUT2D eigenvalue weighted by atomic mass is 14.9. The number of nitrogens with zero attached hydrogens (tertiary/aromatic N) is 4. The van der Waals surface area contributed by atoms with E-state index >= 15 is 0 Å². The lowest BCUT2D eigenvalue weighted by Gasteiger charge is -2.13. The first-order valence-corrected chi connectivity index (χ1v) is 26.5. The molecule has 0 N–H and O–H groups in total. The molecule has 78 heavy (non-hydrogen) atoms. The summed E-state index contributed by atoms with van der Waals surface area (Å²) in [5, 5.41) is 0. The second-order valence-electron chi connectivity index (χ2n) is 21.7. The van der Waals surface area contributed by atoms with Crippen LogP contribution in [0.25, 0.3) is 45.0 Å². The topological polar surface area (TPSA) is 15.5 Å². The summed E-state index contributed by atoms with van der Waals surface area (Å²) in [5.74, 6) is -6.28. The van der Waals surface area contributed by atoms with Gasteiger partial charge in [-0.05, 0) is 171 Å². The first-order valence-electron chi connectivity index (χ1n) is 37.0. The van der Waals surface area contributed by atoms with Crippen molar-refractivity contribution in [2.45, 2.75) is 173 Å². The number of pyridine rings is 4. The number of hydrogen-bond donors (Lipinski definition) is 0. The number of rotatable bonds is 10. The van der Waals surface area contributed by atoms with Crippen LogP contribution in [0.4, 0.5) is 0 Å². The molecule has 0 radical (unpaired) electrons. The Labute approximate surface area is 504 Å². The van der Waals surface area contributed by atoms with Crippen LogP contribution in [0.2, 0.25) is 0 Å². The molecule has 0 bridgehead atoms. The molecule has 8 rings (SSSR count). The molecule has 0 amide bonds. The summed E-state index contributed by atoms with van der Waals surface area (Å²) in [6.45, 7) is 15.2. The second-order valence-corrected chi connectivity index (χ2v) is 21.7. The molecule has 4 heterocycles. The zero-order valence-electron chi connectivity index (χ0n) is 71.0. The molecule has 4 aromatic carbocycles. The summed E-state index contributed by atoms with van der Waals surface area (Å²) < 4.78 is 172. The molecule has 8 aromatic rings. The average Bonchev–Trinajstić information content (AvgIpc) is 0.752. The van der Waals surface area contributed by atoms with Gasteiger partial charge in [0.2, 0.25) is 22.8 Å². The van der Waals surface area contributed by atoms with Crippen molar-refractivity contribution >= 4 is 0 Å². The molecule has 4 heteroatoms. The van der Waals surface area contributed by atoms with Crippen molar-refractivity contribution in [3.05, 3.63) is 212 Å². The third-order valence-corrected chi connectivity index (χ3v) is 14.1. The van der Waals surface area contributed by atoms with Gasteiger partial charge in [0.1, 0.15) is 28.2 Å². The van der Waals surface area contributed by atoms with Gasteiger partial charge in [0.15, 0.2) is 24.8 Å². The fourth-order valence-corrected chi connectivity index (χ4v) is 9.43. The number of hydrogen-bond acceptors (Lipinski definition) is 0. The predicted molar refractivity (Wildman–Crippen MR) is 335 cm³/mol. The first kappa shape index (κ1) is 38.1. The maximum absolute atomic E-state index is 8.44. The maximum Gasteiger partial charge on any atom is 0.212 e. The van der Waals surface area contributed by atoms with Gasteiger partial charge in [0, 0.05) is 97.6 Å². The summed E-state index contributed by atoms with van der Waals surface area (Å²) in [6.07, 6.45) is 7.07. The van der Waals surface area contributed by atoms with Crippen molar-refractivity contribution in [1.82, 2.24) is 0 Å². The highest BCUT2D eigenvalue weighted by molar-refractivity contribution is 5.65. The van der Waals surface area contributed by atoms with Crippen LogP contribution in [0.3, 0.4) is 0 Å². The minimum atomic E-state index is -2.75. The second kappa shape index (κ2) is 27.4. The lowest BCUT2D eigenvalue weighted by atomic mass is 9.94. The quantitative estimate of drug-likeness (QED) is 0.121. The largest absolute Gasteiger partial charge is 0.212 e.